The van der Waals surface area contributed by atoms with Crippen molar-refractivity contribution < 1.29 is 4.74 Å². The van der Waals surface area contributed by atoms with Gasteiger partial charge in [0.15, 0.2) is 0 Å². The molecule has 4 rings (SSSR count). The van der Waals surface area contributed by atoms with Crippen molar-refractivity contribution in [3.05, 3.63) is 48.3 Å². The summed E-state index contributed by atoms with van der Waals surface area (Å²) >= 11 is 0. The molecule has 0 amide bonds. The van der Waals surface area contributed by atoms with Crippen LogP contribution >= 0.6 is 0 Å². The van der Waals surface area contributed by atoms with Gasteiger partial charge in [-0.15, -0.1) is 0 Å². The van der Waals surface area contributed by atoms with E-state index in [9.17, 15) is 0 Å². The first-order valence-corrected chi connectivity index (χ1v) is 7.26. The highest BCUT2D eigenvalue weighted by Gasteiger charge is 2.42. The monoisotopic (exact) mass is 266 g/mol. The van der Waals surface area contributed by atoms with Crippen molar-refractivity contribution in [1.82, 2.24) is 4.98 Å². The van der Waals surface area contributed by atoms with Gasteiger partial charge in [-0.2, -0.15) is 0 Å². The van der Waals surface area contributed by atoms with E-state index in [0.717, 1.165) is 35.3 Å². The standard InChI is InChI=1S/C17H18N2O/c18-17(8-9-17)15-11-19-10-7-13(15)14-3-1-2-4-16(14)20-12-5-6-12/h1-4,7,10-12H,5-6,8-9,18H2. The van der Waals surface area contributed by atoms with Gasteiger partial charge in [0.1, 0.15) is 5.75 Å². The Morgan fingerprint density at radius 2 is 1.90 bits per heavy atom. The van der Waals surface area contributed by atoms with Crippen LogP contribution in [-0.4, -0.2) is 11.1 Å². The molecule has 0 bridgehead atoms. The first-order valence-electron chi connectivity index (χ1n) is 7.26. The van der Waals surface area contributed by atoms with Crippen molar-refractivity contribution in [2.24, 2.45) is 5.73 Å². The van der Waals surface area contributed by atoms with E-state index in [2.05, 4.69) is 23.2 Å². The average Bonchev–Trinajstić information content (AvgIpc) is 3.39. The molecule has 2 fully saturated rings. The minimum absolute atomic E-state index is 0.184. The van der Waals surface area contributed by atoms with E-state index < -0.39 is 0 Å². The van der Waals surface area contributed by atoms with E-state index in [-0.39, 0.29) is 5.54 Å². The van der Waals surface area contributed by atoms with E-state index in [4.69, 9.17) is 10.5 Å². The summed E-state index contributed by atoms with van der Waals surface area (Å²) in [5.41, 5.74) is 9.65. The Balaban J connectivity index is 1.81. The lowest BCUT2D eigenvalue weighted by molar-refractivity contribution is 0.304. The van der Waals surface area contributed by atoms with Crippen molar-refractivity contribution in [2.75, 3.05) is 0 Å². The number of nitrogens with zero attached hydrogens (tertiary/aromatic N) is 1. The minimum atomic E-state index is -0.184. The summed E-state index contributed by atoms with van der Waals surface area (Å²) in [6, 6.07) is 10.3. The average molecular weight is 266 g/mol. The summed E-state index contributed by atoms with van der Waals surface area (Å²) in [4.78, 5) is 4.26. The second-order valence-electron chi connectivity index (χ2n) is 5.89. The van der Waals surface area contributed by atoms with Crippen LogP contribution in [0.1, 0.15) is 31.2 Å². The molecule has 3 nitrogen and oxygen atoms in total. The number of rotatable bonds is 4. The normalized spacial score (nSPS) is 19.6. The lowest BCUT2D eigenvalue weighted by Gasteiger charge is -2.17. The van der Waals surface area contributed by atoms with Crippen LogP contribution in [0.5, 0.6) is 5.75 Å². The van der Waals surface area contributed by atoms with Gasteiger partial charge in [0.05, 0.1) is 6.10 Å². The third-order valence-electron chi connectivity index (χ3n) is 4.14. The van der Waals surface area contributed by atoms with Crippen LogP contribution in [0, 0.1) is 0 Å². The van der Waals surface area contributed by atoms with Gasteiger partial charge < -0.3 is 10.5 Å². The van der Waals surface area contributed by atoms with Crippen molar-refractivity contribution in [3.8, 4) is 16.9 Å². The van der Waals surface area contributed by atoms with Crippen LogP contribution in [0.2, 0.25) is 0 Å². The summed E-state index contributed by atoms with van der Waals surface area (Å²) < 4.78 is 6.04. The van der Waals surface area contributed by atoms with Crippen LogP contribution < -0.4 is 10.5 Å². The smallest absolute Gasteiger partial charge is 0.127 e. The first kappa shape index (κ1) is 11.9. The van der Waals surface area contributed by atoms with Gasteiger partial charge in [-0.3, -0.25) is 4.98 Å². The van der Waals surface area contributed by atoms with Gasteiger partial charge in [-0.05, 0) is 48.9 Å². The Kier molecular flexibility index (Phi) is 2.57. The number of pyridine rings is 1. The fourth-order valence-corrected chi connectivity index (χ4v) is 2.59. The first-order chi connectivity index (χ1) is 9.76. The van der Waals surface area contributed by atoms with Crippen LogP contribution in [0.4, 0.5) is 0 Å². The zero-order valence-electron chi connectivity index (χ0n) is 11.4. The van der Waals surface area contributed by atoms with Gasteiger partial charge >= 0.3 is 0 Å². The Morgan fingerprint density at radius 1 is 1.10 bits per heavy atom. The van der Waals surface area contributed by atoms with Crippen LogP contribution in [0.3, 0.4) is 0 Å². The number of ether oxygens (including phenoxy) is 1. The Labute approximate surface area is 118 Å². The zero-order chi connectivity index (χ0) is 13.6. The maximum Gasteiger partial charge on any atom is 0.127 e. The molecule has 0 unspecified atom stereocenters. The fraction of sp³-hybridized carbons (Fsp3) is 0.353. The van der Waals surface area contributed by atoms with Gasteiger partial charge in [0.25, 0.3) is 0 Å². The lowest BCUT2D eigenvalue weighted by Crippen LogP contribution is -2.20. The van der Waals surface area contributed by atoms with Gasteiger partial charge in [-0.25, -0.2) is 0 Å². The predicted octanol–water partition coefficient (Wildman–Crippen LogP) is 3.24. The molecule has 0 spiro atoms. The molecule has 2 aliphatic carbocycles. The molecular weight excluding hydrogens is 248 g/mol. The van der Waals surface area contributed by atoms with Crippen molar-refractivity contribution >= 4 is 0 Å². The molecule has 2 saturated carbocycles. The van der Waals surface area contributed by atoms with Crippen LogP contribution in [0.25, 0.3) is 11.1 Å². The molecule has 0 radical (unpaired) electrons. The molecule has 102 valence electrons. The highest BCUT2D eigenvalue weighted by molar-refractivity contribution is 5.74. The molecule has 1 aromatic carbocycles. The fourth-order valence-electron chi connectivity index (χ4n) is 2.59. The number of aromatic nitrogens is 1. The highest BCUT2D eigenvalue weighted by atomic mass is 16.5. The second-order valence-corrected chi connectivity index (χ2v) is 5.89. The topological polar surface area (TPSA) is 48.1 Å². The summed E-state index contributed by atoms with van der Waals surface area (Å²) in [6.45, 7) is 0. The summed E-state index contributed by atoms with van der Waals surface area (Å²) in [5, 5.41) is 0. The summed E-state index contributed by atoms with van der Waals surface area (Å²) in [5.74, 6) is 0.965. The van der Waals surface area contributed by atoms with Crippen molar-refractivity contribution in [2.45, 2.75) is 37.3 Å². The molecule has 1 heterocycles. The summed E-state index contributed by atoms with van der Waals surface area (Å²) in [6.07, 6.45) is 8.55. The lowest BCUT2D eigenvalue weighted by atomic mass is 9.95. The van der Waals surface area contributed by atoms with E-state index in [1.807, 2.05) is 24.5 Å². The minimum Gasteiger partial charge on any atom is -0.490 e. The SMILES string of the molecule is NC1(c2cnccc2-c2ccccc2OC2CC2)CC1. The Bertz CT molecular complexity index is 645. The molecule has 2 aliphatic rings. The third-order valence-corrected chi connectivity index (χ3v) is 4.14. The number of nitrogens with two attached hydrogens (primary N) is 1. The highest BCUT2D eigenvalue weighted by Crippen LogP contribution is 2.47. The van der Waals surface area contributed by atoms with E-state index in [0.29, 0.717) is 6.10 Å². The van der Waals surface area contributed by atoms with Crippen molar-refractivity contribution in [1.29, 1.82) is 0 Å². The van der Waals surface area contributed by atoms with Gasteiger partial charge in [0.2, 0.25) is 0 Å². The molecule has 0 saturated heterocycles. The maximum atomic E-state index is 6.39. The quantitative estimate of drug-likeness (QED) is 0.924. The number of hydrogen-bond donors (Lipinski definition) is 1. The second kappa shape index (κ2) is 4.32. The summed E-state index contributed by atoms with van der Waals surface area (Å²) in [7, 11) is 0. The van der Waals surface area contributed by atoms with Crippen LogP contribution in [-0.2, 0) is 5.54 Å². The molecule has 2 aromatic rings. The zero-order valence-corrected chi connectivity index (χ0v) is 11.4. The molecule has 2 N–H and O–H groups in total. The Morgan fingerprint density at radius 3 is 2.65 bits per heavy atom. The van der Waals surface area contributed by atoms with E-state index in [1.54, 1.807) is 0 Å². The third kappa shape index (κ3) is 2.08. The largest absolute Gasteiger partial charge is 0.490 e. The molecule has 3 heteroatoms. The number of benzene rings is 1. The molecular formula is C17H18N2O. The van der Waals surface area contributed by atoms with Gasteiger partial charge in [0, 0.05) is 23.5 Å². The van der Waals surface area contributed by atoms with Crippen LogP contribution in [0.15, 0.2) is 42.7 Å². The number of hydrogen-bond acceptors (Lipinski definition) is 3. The number of para-hydroxylation sites is 1. The molecule has 1 aromatic heterocycles. The van der Waals surface area contributed by atoms with E-state index >= 15 is 0 Å². The van der Waals surface area contributed by atoms with E-state index in [1.165, 1.54) is 12.8 Å². The maximum absolute atomic E-state index is 6.39. The Hall–Kier alpha value is -1.87. The predicted molar refractivity (Wildman–Crippen MR) is 78.4 cm³/mol. The molecule has 0 aliphatic heterocycles. The molecule has 0 atom stereocenters. The van der Waals surface area contributed by atoms with Crippen molar-refractivity contribution in [3.63, 3.8) is 0 Å². The molecule has 20 heavy (non-hydrogen) atoms. The van der Waals surface area contributed by atoms with Gasteiger partial charge in [-0.1, -0.05) is 18.2 Å².